The van der Waals surface area contributed by atoms with Gasteiger partial charge in [0.2, 0.25) is 5.91 Å². The largest absolute Gasteiger partial charge is 0.368 e. The van der Waals surface area contributed by atoms with Crippen molar-refractivity contribution in [1.29, 1.82) is 0 Å². The number of hydrogen-bond acceptors (Lipinski definition) is 3. The predicted octanol–water partition coefficient (Wildman–Crippen LogP) is 1.99. The van der Waals surface area contributed by atoms with Gasteiger partial charge < -0.3 is 16.4 Å². The van der Waals surface area contributed by atoms with Crippen LogP contribution in [0.3, 0.4) is 0 Å². The SMILES string of the molecule is CC(C)CN(CC(N)=O)c1ccc(CN)c(Br)c1F. The van der Waals surface area contributed by atoms with Crippen LogP contribution in [-0.4, -0.2) is 19.0 Å². The second kappa shape index (κ2) is 6.86. The number of rotatable bonds is 6. The van der Waals surface area contributed by atoms with Gasteiger partial charge in [-0.25, -0.2) is 4.39 Å². The van der Waals surface area contributed by atoms with E-state index in [4.69, 9.17) is 11.5 Å². The first-order chi connectivity index (χ1) is 8.86. The Labute approximate surface area is 121 Å². The normalized spacial score (nSPS) is 10.8. The van der Waals surface area contributed by atoms with Gasteiger partial charge in [-0.2, -0.15) is 0 Å². The highest BCUT2D eigenvalue weighted by Gasteiger charge is 2.18. The van der Waals surface area contributed by atoms with E-state index >= 15 is 0 Å². The third-order valence-corrected chi connectivity index (χ3v) is 3.49. The molecule has 0 fully saturated rings. The van der Waals surface area contributed by atoms with Crippen molar-refractivity contribution in [3.8, 4) is 0 Å². The smallest absolute Gasteiger partial charge is 0.236 e. The minimum atomic E-state index is -0.487. The van der Waals surface area contributed by atoms with Gasteiger partial charge in [-0.05, 0) is 33.5 Å². The third-order valence-electron chi connectivity index (χ3n) is 2.63. The first kappa shape index (κ1) is 15.9. The van der Waals surface area contributed by atoms with Crippen LogP contribution in [0.4, 0.5) is 10.1 Å². The molecule has 19 heavy (non-hydrogen) atoms. The second-order valence-electron chi connectivity index (χ2n) is 4.82. The molecule has 1 aromatic rings. The molecule has 0 aliphatic rings. The highest BCUT2D eigenvalue weighted by Crippen LogP contribution is 2.29. The number of hydrogen-bond donors (Lipinski definition) is 2. The van der Waals surface area contributed by atoms with Gasteiger partial charge in [0.15, 0.2) is 5.82 Å². The topological polar surface area (TPSA) is 72.3 Å². The Kier molecular flexibility index (Phi) is 5.75. The van der Waals surface area contributed by atoms with Gasteiger partial charge in [-0.1, -0.05) is 19.9 Å². The molecule has 1 amide bonds. The number of anilines is 1. The maximum absolute atomic E-state index is 14.3. The zero-order valence-corrected chi connectivity index (χ0v) is 12.7. The summed E-state index contributed by atoms with van der Waals surface area (Å²) in [7, 11) is 0. The molecule has 0 unspecified atom stereocenters. The molecule has 0 aliphatic heterocycles. The Morgan fingerprint density at radius 2 is 2.11 bits per heavy atom. The van der Waals surface area contributed by atoms with Crippen LogP contribution in [-0.2, 0) is 11.3 Å². The van der Waals surface area contributed by atoms with E-state index in [1.54, 1.807) is 17.0 Å². The van der Waals surface area contributed by atoms with Crippen LogP contribution in [0.15, 0.2) is 16.6 Å². The van der Waals surface area contributed by atoms with E-state index in [9.17, 15) is 9.18 Å². The molecule has 0 saturated carbocycles. The summed E-state index contributed by atoms with van der Waals surface area (Å²) in [4.78, 5) is 12.8. The number of benzene rings is 1. The van der Waals surface area contributed by atoms with Crippen LogP contribution in [0.25, 0.3) is 0 Å². The van der Waals surface area contributed by atoms with Crippen LogP contribution in [0.2, 0.25) is 0 Å². The molecule has 0 saturated heterocycles. The lowest BCUT2D eigenvalue weighted by atomic mass is 10.1. The predicted molar refractivity (Wildman–Crippen MR) is 78.2 cm³/mol. The molecule has 0 aromatic heterocycles. The number of amides is 1. The summed E-state index contributed by atoms with van der Waals surface area (Å²) in [6, 6.07) is 3.38. The Balaban J connectivity index is 3.15. The minimum absolute atomic E-state index is 0.0104. The van der Waals surface area contributed by atoms with Crippen molar-refractivity contribution in [2.24, 2.45) is 17.4 Å². The maximum atomic E-state index is 14.3. The van der Waals surface area contributed by atoms with Crippen molar-refractivity contribution in [1.82, 2.24) is 0 Å². The van der Waals surface area contributed by atoms with E-state index < -0.39 is 11.7 Å². The van der Waals surface area contributed by atoms with Crippen molar-refractivity contribution in [3.63, 3.8) is 0 Å². The molecule has 0 radical (unpaired) electrons. The number of carbonyl (C=O) groups is 1. The summed E-state index contributed by atoms with van der Waals surface area (Å²) in [6.45, 7) is 4.78. The first-order valence-electron chi connectivity index (χ1n) is 6.07. The van der Waals surface area contributed by atoms with Gasteiger partial charge in [0, 0.05) is 13.1 Å². The standard InChI is InChI=1S/C13H19BrFN3O/c1-8(2)6-18(7-11(17)19)10-4-3-9(5-16)12(14)13(10)15/h3-4,8H,5-7,16H2,1-2H3,(H2,17,19). The Morgan fingerprint density at radius 1 is 1.47 bits per heavy atom. The number of nitrogens with zero attached hydrogens (tertiary/aromatic N) is 1. The fourth-order valence-corrected chi connectivity index (χ4v) is 2.36. The van der Waals surface area contributed by atoms with Gasteiger partial charge in [0.25, 0.3) is 0 Å². The highest BCUT2D eigenvalue weighted by atomic mass is 79.9. The molecule has 0 bridgehead atoms. The lowest BCUT2D eigenvalue weighted by Gasteiger charge is -2.26. The van der Waals surface area contributed by atoms with Gasteiger partial charge in [0.1, 0.15) is 0 Å². The molecule has 1 aromatic carbocycles. The van der Waals surface area contributed by atoms with Gasteiger partial charge in [0.05, 0.1) is 16.7 Å². The summed E-state index contributed by atoms with van der Waals surface area (Å²) < 4.78 is 14.6. The molecule has 106 valence electrons. The fraction of sp³-hybridized carbons (Fsp3) is 0.462. The van der Waals surface area contributed by atoms with Gasteiger partial charge in [-0.3, -0.25) is 4.79 Å². The highest BCUT2D eigenvalue weighted by molar-refractivity contribution is 9.10. The van der Waals surface area contributed by atoms with Crippen molar-refractivity contribution < 1.29 is 9.18 Å². The number of nitrogens with two attached hydrogens (primary N) is 2. The summed E-state index contributed by atoms with van der Waals surface area (Å²) in [5, 5.41) is 0. The molecule has 4 N–H and O–H groups in total. The molecule has 4 nitrogen and oxygen atoms in total. The fourth-order valence-electron chi connectivity index (χ4n) is 1.86. The van der Waals surface area contributed by atoms with Crippen LogP contribution < -0.4 is 16.4 Å². The third kappa shape index (κ3) is 4.18. The van der Waals surface area contributed by atoms with Crippen LogP contribution >= 0.6 is 15.9 Å². The van der Waals surface area contributed by atoms with Gasteiger partial charge in [-0.15, -0.1) is 0 Å². The average Bonchev–Trinajstić information content (AvgIpc) is 2.30. The molecule has 6 heteroatoms. The zero-order valence-electron chi connectivity index (χ0n) is 11.1. The number of halogens is 2. The molecular formula is C13H19BrFN3O. The van der Waals surface area contributed by atoms with E-state index in [1.807, 2.05) is 13.8 Å². The summed E-state index contributed by atoms with van der Waals surface area (Å²) in [5.41, 5.74) is 11.8. The van der Waals surface area contributed by atoms with Crippen molar-refractivity contribution in [3.05, 3.63) is 28.0 Å². The monoisotopic (exact) mass is 331 g/mol. The Morgan fingerprint density at radius 3 is 2.58 bits per heavy atom. The molecule has 0 heterocycles. The quantitative estimate of drug-likeness (QED) is 0.837. The number of carbonyl (C=O) groups excluding carboxylic acids is 1. The zero-order chi connectivity index (χ0) is 14.6. The lowest BCUT2D eigenvalue weighted by molar-refractivity contribution is -0.116. The maximum Gasteiger partial charge on any atom is 0.236 e. The van der Waals surface area contributed by atoms with Crippen molar-refractivity contribution in [2.75, 3.05) is 18.0 Å². The summed E-state index contributed by atoms with van der Waals surface area (Å²) in [5.74, 6) is -0.615. The minimum Gasteiger partial charge on any atom is -0.368 e. The second-order valence-corrected chi connectivity index (χ2v) is 5.61. The Hall–Kier alpha value is -1.14. The van der Waals surface area contributed by atoms with E-state index in [0.717, 1.165) is 0 Å². The average molecular weight is 332 g/mol. The number of primary amides is 1. The molecule has 0 aliphatic carbocycles. The van der Waals surface area contributed by atoms with E-state index in [-0.39, 0.29) is 19.0 Å². The molecular weight excluding hydrogens is 313 g/mol. The van der Waals surface area contributed by atoms with Gasteiger partial charge >= 0.3 is 0 Å². The lowest BCUT2D eigenvalue weighted by Crippen LogP contribution is -2.36. The van der Waals surface area contributed by atoms with Crippen LogP contribution in [0, 0.1) is 11.7 Å². The van der Waals surface area contributed by atoms with Crippen LogP contribution in [0.1, 0.15) is 19.4 Å². The first-order valence-corrected chi connectivity index (χ1v) is 6.86. The Bertz CT molecular complexity index is 465. The summed E-state index contributed by atoms with van der Waals surface area (Å²) in [6.07, 6.45) is 0. The molecule has 0 atom stereocenters. The molecule has 1 rings (SSSR count). The van der Waals surface area contributed by atoms with Crippen molar-refractivity contribution in [2.45, 2.75) is 20.4 Å². The van der Waals surface area contributed by atoms with E-state index in [0.29, 0.717) is 22.3 Å². The molecule has 0 spiro atoms. The summed E-state index contributed by atoms with van der Waals surface area (Å²) >= 11 is 3.19. The van der Waals surface area contributed by atoms with E-state index in [2.05, 4.69) is 15.9 Å². The van der Waals surface area contributed by atoms with Crippen LogP contribution in [0.5, 0.6) is 0 Å². The van der Waals surface area contributed by atoms with Crippen molar-refractivity contribution >= 4 is 27.5 Å². The van der Waals surface area contributed by atoms with E-state index in [1.165, 1.54) is 0 Å².